The van der Waals surface area contributed by atoms with Crippen LogP contribution in [0.5, 0.6) is 0 Å². The lowest BCUT2D eigenvalue weighted by molar-refractivity contribution is -0.117. The molecule has 0 radical (unpaired) electrons. The Balaban J connectivity index is 1.97. The summed E-state index contributed by atoms with van der Waals surface area (Å²) in [5, 5.41) is 0. The number of piperidine rings is 1. The number of rotatable bonds is 6. The molecule has 1 aliphatic rings. The van der Waals surface area contributed by atoms with E-state index in [-0.39, 0.29) is 5.78 Å². The maximum atomic E-state index is 11.1. The van der Waals surface area contributed by atoms with Gasteiger partial charge in [-0.3, -0.25) is 4.90 Å². The first-order valence-corrected chi connectivity index (χ1v) is 7.62. The summed E-state index contributed by atoms with van der Waals surface area (Å²) in [7, 11) is 0. The molecule has 1 heterocycles. The normalized spacial score (nSPS) is 19.8. The van der Waals surface area contributed by atoms with E-state index >= 15 is 0 Å². The lowest BCUT2D eigenvalue weighted by Crippen LogP contribution is -2.40. The van der Waals surface area contributed by atoms with E-state index in [1.165, 1.54) is 30.4 Å². The van der Waals surface area contributed by atoms with Crippen LogP contribution in [-0.4, -0.2) is 23.3 Å². The standard InChI is InChI=1S/C18H25NO/c1-15(11-12-16(2)20)18-10-6-7-13-19(18)14-17-8-4-3-5-9-17/h3-5,8-9,18H,1,6-7,10-14H2,2H3. The second-order valence-electron chi connectivity index (χ2n) is 5.83. The molecular weight excluding hydrogens is 246 g/mol. The van der Waals surface area contributed by atoms with Gasteiger partial charge in [0.1, 0.15) is 5.78 Å². The SMILES string of the molecule is C=C(CCC(C)=O)C1CCCCN1Cc1ccccc1. The van der Waals surface area contributed by atoms with Crippen LogP contribution in [0.2, 0.25) is 0 Å². The van der Waals surface area contributed by atoms with E-state index in [4.69, 9.17) is 0 Å². The number of carbonyl (C=O) groups excluding carboxylic acids is 1. The number of benzene rings is 1. The van der Waals surface area contributed by atoms with Crippen LogP contribution >= 0.6 is 0 Å². The van der Waals surface area contributed by atoms with Crippen molar-refractivity contribution in [2.75, 3.05) is 6.54 Å². The van der Waals surface area contributed by atoms with Crippen molar-refractivity contribution in [1.29, 1.82) is 0 Å². The zero-order chi connectivity index (χ0) is 14.4. The number of hydrogen-bond acceptors (Lipinski definition) is 2. The second kappa shape index (κ2) is 7.39. The zero-order valence-electron chi connectivity index (χ0n) is 12.5. The monoisotopic (exact) mass is 271 g/mol. The second-order valence-corrected chi connectivity index (χ2v) is 5.83. The maximum Gasteiger partial charge on any atom is 0.130 e. The third kappa shape index (κ3) is 4.31. The molecule has 2 heteroatoms. The molecule has 0 aromatic heterocycles. The fourth-order valence-corrected chi connectivity index (χ4v) is 2.96. The van der Waals surface area contributed by atoms with Gasteiger partial charge in [-0.1, -0.05) is 48.9 Å². The Morgan fingerprint density at radius 2 is 2.00 bits per heavy atom. The van der Waals surface area contributed by atoms with Gasteiger partial charge in [-0.25, -0.2) is 0 Å². The van der Waals surface area contributed by atoms with Gasteiger partial charge in [0.15, 0.2) is 0 Å². The first-order chi connectivity index (χ1) is 9.66. The number of likely N-dealkylation sites (tertiary alicyclic amines) is 1. The van der Waals surface area contributed by atoms with Crippen molar-refractivity contribution >= 4 is 5.78 Å². The first-order valence-electron chi connectivity index (χ1n) is 7.62. The minimum Gasteiger partial charge on any atom is -0.300 e. The van der Waals surface area contributed by atoms with Gasteiger partial charge in [-0.2, -0.15) is 0 Å². The van der Waals surface area contributed by atoms with Gasteiger partial charge >= 0.3 is 0 Å². The van der Waals surface area contributed by atoms with Crippen LogP contribution in [0.1, 0.15) is 44.6 Å². The molecule has 0 N–H and O–H groups in total. The molecule has 1 saturated heterocycles. The van der Waals surface area contributed by atoms with Crippen LogP contribution in [0, 0.1) is 0 Å². The van der Waals surface area contributed by atoms with Crippen LogP contribution < -0.4 is 0 Å². The average Bonchev–Trinajstić information content (AvgIpc) is 2.46. The molecule has 1 atom stereocenters. The topological polar surface area (TPSA) is 20.3 Å². The van der Waals surface area contributed by atoms with E-state index in [1.54, 1.807) is 6.92 Å². The van der Waals surface area contributed by atoms with Crippen LogP contribution in [-0.2, 0) is 11.3 Å². The molecule has 1 fully saturated rings. The average molecular weight is 271 g/mol. The van der Waals surface area contributed by atoms with E-state index in [1.807, 2.05) is 0 Å². The van der Waals surface area contributed by atoms with Crippen LogP contribution in [0.4, 0.5) is 0 Å². The smallest absolute Gasteiger partial charge is 0.130 e. The van der Waals surface area contributed by atoms with Gasteiger partial charge in [0, 0.05) is 19.0 Å². The molecule has 2 nitrogen and oxygen atoms in total. The number of carbonyl (C=O) groups is 1. The van der Waals surface area contributed by atoms with Crippen molar-refractivity contribution < 1.29 is 4.79 Å². The third-order valence-corrected chi connectivity index (χ3v) is 4.11. The van der Waals surface area contributed by atoms with Crippen molar-refractivity contribution in [3.05, 3.63) is 48.0 Å². The van der Waals surface area contributed by atoms with Crippen LogP contribution in [0.3, 0.4) is 0 Å². The summed E-state index contributed by atoms with van der Waals surface area (Å²) in [5.74, 6) is 0.261. The highest BCUT2D eigenvalue weighted by Crippen LogP contribution is 2.26. The fraction of sp³-hybridized carbons (Fsp3) is 0.500. The largest absolute Gasteiger partial charge is 0.300 e. The quantitative estimate of drug-likeness (QED) is 0.730. The molecule has 1 aromatic carbocycles. The Kier molecular flexibility index (Phi) is 5.54. The summed E-state index contributed by atoms with van der Waals surface area (Å²) in [6.07, 6.45) is 5.20. The van der Waals surface area contributed by atoms with E-state index in [9.17, 15) is 4.79 Å². The molecule has 1 aromatic rings. The van der Waals surface area contributed by atoms with Crippen molar-refractivity contribution in [2.45, 2.75) is 51.6 Å². The highest BCUT2D eigenvalue weighted by molar-refractivity contribution is 5.75. The summed E-state index contributed by atoms with van der Waals surface area (Å²) in [6, 6.07) is 11.1. The third-order valence-electron chi connectivity index (χ3n) is 4.11. The Morgan fingerprint density at radius 3 is 2.70 bits per heavy atom. The molecule has 0 bridgehead atoms. The number of nitrogens with zero attached hydrogens (tertiary/aromatic N) is 1. The highest BCUT2D eigenvalue weighted by Gasteiger charge is 2.24. The van der Waals surface area contributed by atoms with Crippen molar-refractivity contribution in [3.8, 4) is 0 Å². The van der Waals surface area contributed by atoms with Gasteiger partial charge in [-0.15, -0.1) is 0 Å². The molecule has 0 saturated carbocycles. The molecule has 1 unspecified atom stereocenters. The summed E-state index contributed by atoms with van der Waals surface area (Å²) in [5.41, 5.74) is 2.59. The van der Waals surface area contributed by atoms with Crippen molar-refractivity contribution in [2.24, 2.45) is 0 Å². The Hall–Kier alpha value is -1.41. The van der Waals surface area contributed by atoms with E-state index < -0.39 is 0 Å². The number of hydrogen-bond donors (Lipinski definition) is 0. The van der Waals surface area contributed by atoms with Gasteiger partial charge in [-0.05, 0) is 38.3 Å². The summed E-state index contributed by atoms with van der Waals surface area (Å²) >= 11 is 0. The minimum atomic E-state index is 0.261. The molecule has 1 aliphatic heterocycles. The van der Waals surface area contributed by atoms with Gasteiger partial charge in [0.25, 0.3) is 0 Å². The summed E-state index contributed by atoms with van der Waals surface area (Å²) < 4.78 is 0. The predicted molar refractivity (Wildman–Crippen MR) is 83.5 cm³/mol. The molecule has 0 spiro atoms. The lowest BCUT2D eigenvalue weighted by Gasteiger charge is -2.37. The summed E-state index contributed by atoms with van der Waals surface area (Å²) in [4.78, 5) is 13.7. The Bertz CT molecular complexity index is 452. The first kappa shape index (κ1) is 15.0. The minimum absolute atomic E-state index is 0.261. The van der Waals surface area contributed by atoms with Crippen LogP contribution in [0.25, 0.3) is 0 Å². The number of ketones is 1. The summed E-state index contributed by atoms with van der Waals surface area (Å²) in [6.45, 7) is 8.04. The van der Waals surface area contributed by atoms with Gasteiger partial charge < -0.3 is 4.79 Å². The van der Waals surface area contributed by atoms with E-state index in [0.29, 0.717) is 12.5 Å². The predicted octanol–water partition coefficient (Wildman–Crippen LogP) is 3.97. The van der Waals surface area contributed by atoms with E-state index in [2.05, 4.69) is 41.8 Å². The van der Waals surface area contributed by atoms with Crippen LogP contribution in [0.15, 0.2) is 42.5 Å². The van der Waals surface area contributed by atoms with E-state index in [0.717, 1.165) is 19.5 Å². The molecule has 108 valence electrons. The Labute approximate surface area is 122 Å². The fourth-order valence-electron chi connectivity index (χ4n) is 2.96. The van der Waals surface area contributed by atoms with Crippen molar-refractivity contribution in [1.82, 2.24) is 4.90 Å². The van der Waals surface area contributed by atoms with Gasteiger partial charge in [0.2, 0.25) is 0 Å². The zero-order valence-corrected chi connectivity index (χ0v) is 12.5. The molecular formula is C18H25NO. The molecule has 20 heavy (non-hydrogen) atoms. The van der Waals surface area contributed by atoms with Crippen molar-refractivity contribution in [3.63, 3.8) is 0 Å². The molecule has 0 aliphatic carbocycles. The highest BCUT2D eigenvalue weighted by atomic mass is 16.1. The van der Waals surface area contributed by atoms with Gasteiger partial charge in [0.05, 0.1) is 0 Å². The molecule has 2 rings (SSSR count). The lowest BCUT2D eigenvalue weighted by atomic mass is 9.92. The molecule has 0 amide bonds. The Morgan fingerprint density at radius 1 is 1.25 bits per heavy atom. The number of Topliss-reactive ketones (excluding diaryl/α,β-unsaturated/α-hetero) is 1. The maximum absolute atomic E-state index is 11.1.